The highest BCUT2D eigenvalue weighted by atomic mass is 32.2. The van der Waals surface area contributed by atoms with Crippen LogP contribution in [0.1, 0.15) is 19.3 Å². The van der Waals surface area contributed by atoms with Crippen LogP contribution in [-0.4, -0.2) is 59.3 Å². The lowest BCUT2D eigenvalue weighted by atomic mass is 10.4. The van der Waals surface area contributed by atoms with Crippen molar-refractivity contribution >= 4 is 41.3 Å². The molecule has 1 aliphatic rings. The fraction of sp³-hybridized carbons (Fsp3) is 0.750. The Kier molecular flexibility index (Phi) is 7.30. The maximum Gasteiger partial charge on any atom is 0.306 e. The number of carbonyl (C=O) groups excluding carboxylic acids is 3. The predicted molar refractivity (Wildman–Crippen MR) is 77.2 cm³/mol. The normalized spacial score (nSPS) is 19.1. The molecule has 2 amide bonds. The summed E-state index contributed by atoms with van der Waals surface area (Å²) in [6, 6.07) is 0. The molecule has 0 aromatic heterocycles. The third-order valence-electron chi connectivity index (χ3n) is 2.79. The molecular weight excluding hydrogens is 286 g/mol. The summed E-state index contributed by atoms with van der Waals surface area (Å²) in [5.41, 5.74) is 0. The zero-order valence-electron chi connectivity index (χ0n) is 11.2. The second kappa shape index (κ2) is 8.47. The molecule has 1 unspecified atom stereocenters. The molecule has 0 aliphatic carbocycles. The second-order valence-corrected chi connectivity index (χ2v) is 6.15. The van der Waals surface area contributed by atoms with Gasteiger partial charge >= 0.3 is 5.97 Å². The molecule has 0 saturated carbocycles. The van der Waals surface area contributed by atoms with Crippen LogP contribution in [0.15, 0.2) is 0 Å². The number of hydrogen-bond donors (Lipinski definition) is 0. The summed E-state index contributed by atoms with van der Waals surface area (Å²) in [6.45, 7) is 0.596. The first-order valence-corrected chi connectivity index (χ1v) is 8.80. The van der Waals surface area contributed by atoms with E-state index in [0.717, 1.165) is 5.75 Å². The Hall–Kier alpha value is -0.690. The Morgan fingerprint density at radius 2 is 2.16 bits per heavy atom. The van der Waals surface area contributed by atoms with Crippen LogP contribution in [0, 0.1) is 0 Å². The number of esters is 1. The molecule has 19 heavy (non-hydrogen) atoms. The number of thioether (sulfide) groups is 2. The maximum absolute atomic E-state index is 11.8. The Morgan fingerprint density at radius 3 is 2.74 bits per heavy atom. The van der Waals surface area contributed by atoms with E-state index in [1.54, 1.807) is 11.8 Å². The van der Waals surface area contributed by atoms with E-state index in [0.29, 0.717) is 19.4 Å². The van der Waals surface area contributed by atoms with Gasteiger partial charge in [-0.25, -0.2) is 0 Å². The number of hydrogen-bond acceptors (Lipinski definition) is 6. The van der Waals surface area contributed by atoms with Crippen LogP contribution in [-0.2, 0) is 19.1 Å². The summed E-state index contributed by atoms with van der Waals surface area (Å²) >= 11 is 2.99. The van der Waals surface area contributed by atoms with Gasteiger partial charge < -0.3 is 4.74 Å². The molecule has 0 aromatic rings. The lowest BCUT2D eigenvalue weighted by molar-refractivity contribution is -0.143. The van der Waals surface area contributed by atoms with Crippen LogP contribution in [0.2, 0.25) is 0 Å². The Bertz CT molecular complexity index is 349. The minimum Gasteiger partial charge on any atom is -0.466 e. The number of ether oxygens (including phenoxy) is 1. The number of imide groups is 1. The van der Waals surface area contributed by atoms with Crippen LogP contribution in [0.3, 0.4) is 0 Å². The molecule has 1 fully saturated rings. The van der Waals surface area contributed by atoms with Crippen molar-refractivity contribution in [2.24, 2.45) is 0 Å². The Balaban J connectivity index is 2.21. The quantitative estimate of drug-likeness (QED) is 0.381. The van der Waals surface area contributed by atoms with Crippen LogP contribution in [0.25, 0.3) is 0 Å². The van der Waals surface area contributed by atoms with Crippen molar-refractivity contribution in [2.45, 2.75) is 24.5 Å². The zero-order valence-corrected chi connectivity index (χ0v) is 12.8. The lowest BCUT2D eigenvalue weighted by Crippen LogP contribution is -2.32. The van der Waals surface area contributed by atoms with Crippen molar-refractivity contribution in [1.29, 1.82) is 0 Å². The van der Waals surface area contributed by atoms with Gasteiger partial charge in [0, 0.05) is 18.7 Å². The lowest BCUT2D eigenvalue weighted by Gasteiger charge is -2.14. The van der Waals surface area contributed by atoms with Gasteiger partial charge in [0.15, 0.2) is 0 Å². The van der Waals surface area contributed by atoms with E-state index < -0.39 is 0 Å². The highest BCUT2D eigenvalue weighted by molar-refractivity contribution is 8.00. The van der Waals surface area contributed by atoms with Crippen LogP contribution in [0.4, 0.5) is 0 Å². The Labute approximate surface area is 121 Å². The molecule has 1 heterocycles. The molecule has 0 spiro atoms. The summed E-state index contributed by atoms with van der Waals surface area (Å²) < 4.78 is 5.02. The number of nitrogens with zero attached hydrogens (tertiary/aromatic N) is 1. The second-order valence-electron chi connectivity index (χ2n) is 4.13. The van der Waals surface area contributed by atoms with Gasteiger partial charge in [-0.1, -0.05) is 0 Å². The molecule has 1 rings (SSSR count). The monoisotopic (exact) mass is 305 g/mol. The summed E-state index contributed by atoms with van der Waals surface area (Å²) in [7, 11) is 0. The number of rotatable bonds is 8. The average molecular weight is 305 g/mol. The van der Waals surface area contributed by atoms with Crippen LogP contribution >= 0.6 is 23.5 Å². The van der Waals surface area contributed by atoms with Gasteiger partial charge in [0.25, 0.3) is 0 Å². The van der Waals surface area contributed by atoms with E-state index in [2.05, 4.69) is 0 Å². The Morgan fingerprint density at radius 1 is 1.42 bits per heavy atom. The molecule has 1 atom stereocenters. The summed E-state index contributed by atoms with van der Waals surface area (Å²) in [5.74, 6) is 0.275. The topological polar surface area (TPSA) is 63.7 Å². The molecule has 0 radical (unpaired) electrons. The third-order valence-corrected chi connectivity index (χ3v) is 4.34. The van der Waals surface area contributed by atoms with Crippen LogP contribution in [0.5, 0.6) is 0 Å². The fourth-order valence-electron chi connectivity index (χ4n) is 1.74. The molecule has 5 nitrogen and oxygen atoms in total. The van der Waals surface area contributed by atoms with Gasteiger partial charge in [-0.15, -0.1) is 0 Å². The van der Waals surface area contributed by atoms with Crippen molar-refractivity contribution in [3.8, 4) is 0 Å². The van der Waals surface area contributed by atoms with Gasteiger partial charge in [-0.05, 0) is 18.9 Å². The third kappa shape index (κ3) is 5.06. The van der Waals surface area contributed by atoms with Gasteiger partial charge in [0.05, 0.1) is 18.3 Å². The molecule has 108 valence electrons. The van der Waals surface area contributed by atoms with Gasteiger partial charge in [-0.2, -0.15) is 23.5 Å². The molecule has 0 N–H and O–H groups in total. The first kappa shape index (κ1) is 16.4. The molecule has 1 aliphatic heterocycles. The zero-order chi connectivity index (χ0) is 14.3. The first-order valence-electron chi connectivity index (χ1n) is 6.11. The van der Waals surface area contributed by atoms with Gasteiger partial charge in [0.1, 0.15) is 0 Å². The first-order chi connectivity index (χ1) is 9.10. The number of amides is 2. The number of carbonyl (C=O) groups is 3. The summed E-state index contributed by atoms with van der Waals surface area (Å²) in [5, 5.41) is -0.239. The standard InChI is InChI=1S/C12H19NO4S2/c1-18-7-4-11(15)17-6-3-5-13-10(14)8-9(19-2)12(13)16/h9H,3-8H2,1-2H3. The maximum atomic E-state index is 11.8. The average Bonchev–Trinajstić information content (AvgIpc) is 2.67. The summed E-state index contributed by atoms with van der Waals surface area (Å²) in [6.07, 6.45) is 4.95. The van der Waals surface area contributed by atoms with E-state index in [1.807, 2.05) is 12.5 Å². The van der Waals surface area contributed by atoms with Crippen molar-refractivity contribution in [1.82, 2.24) is 4.90 Å². The van der Waals surface area contributed by atoms with Crippen LogP contribution < -0.4 is 0 Å². The van der Waals surface area contributed by atoms with Crippen molar-refractivity contribution in [3.63, 3.8) is 0 Å². The molecule has 0 aromatic carbocycles. The fourth-order valence-corrected chi connectivity index (χ4v) is 2.75. The molecular formula is C12H19NO4S2. The van der Waals surface area contributed by atoms with E-state index in [-0.39, 0.29) is 36.1 Å². The number of likely N-dealkylation sites (tertiary alicyclic amines) is 1. The molecule has 0 bridgehead atoms. The highest BCUT2D eigenvalue weighted by Crippen LogP contribution is 2.22. The predicted octanol–water partition coefficient (Wildman–Crippen LogP) is 1.16. The van der Waals surface area contributed by atoms with Gasteiger partial charge in [-0.3, -0.25) is 19.3 Å². The minimum atomic E-state index is -0.239. The van der Waals surface area contributed by atoms with E-state index in [9.17, 15) is 14.4 Å². The van der Waals surface area contributed by atoms with Gasteiger partial charge in [0.2, 0.25) is 11.8 Å². The van der Waals surface area contributed by atoms with Crippen molar-refractivity contribution in [2.75, 3.05) is 31.4 Å². The van der Waals surface area contributed by atoms with E-state index in [1.165, 1.54) is 16.7 Å². The highest BCUT2D eigenvalue weighted by Gasteiger charge is 2.37. The largest absolute Gasteiger partial charge is 0.466 e. The van der Waals surface area contributed by atoms with Crippen molar-refractivity contribution < 1.29 is 19.1 Å². The van der Waals surface area contributed by atoms with Crippen molar-refractivity contribution in [3.05, 3.63) is 0 Å². The van der Waals surface area contributed by atoms with E-state index >= 15 is 0 Å². The molecule has 1 saturated heterocycles. The summed E-state index contributed by atoms with van der Waals surface area (Å²) in [4.78, 5) is 35.9. The van der Waals surface area contributed by atoms with E-state index in [4.69, 9.17) is 4.74 Å². The smallest absolute Gasteiger partial charge is 0.306 e. The SMILES string of the molecule is CSCCC(=O)OCCCN1C(=O)CC(SC)C1=O. The molecule has 7 heteroatoms. The minimum absolute atomic E-state index is 0.119.